The van der Waals surface area contributed by atoms with Gasteiger partial charge < -0.3 is 84.6 Å². The summed E-state index contributed by atoms with van der Waals surface area (Å²) in [5, 5.41) is 91.8. The number of hydrogen-bond acceptors (Lipinski definition) is 19. The van der Waals surface area contributed by atoms with Crippen molar-refractivity contribution >= 4 is 17.7 Å². The predicted octanol–water partition coefficient (Wildman–Crippen LogP) is 4.49. The summed E-state index contributed by atoms with van der Waals surface area (Å²) in [6.45, 7) is 26.5. The number of amides is 1. The van der Waals surface area contributed by atoms with Gasteiger partial charge >= 0.3 is 5.97 Å². The third-order valence-electron chi connectivity index (χ3n) is 23.1. The van der Waals surface area contributed by atoms with Gasteiger partial charge in [0.15, 0.2) is 29.6 Å². The summed E-state index contributed by atoms with van der Waals surface area (Å²) in [4.78, 5) is 45.3. The van der Waals surface area contributed by atoms with Crippen LogP contribution < -0.4 is 10.6 Å². The minimum Gasteiger partial charge on any atom is -0.459 e. The Labute approximate surface area is 511 Å². The number of likely N-dealkylation sites (N-methyl/N-ethyl adjacent to an activating group) is 2. The van der Waals surface area contributed by atoms with Crippen LogP contribution in [0.5, 0.6) is 0 Å². The second kappa shape index (κ2) is 26.6. The summed E-state index contributed by atoms with van der Waals surface area (Å²) in [6.07, 6.45) is -3.41. The van der Waals surface area contributed by atoms with E-state index in [4.69, 9.17) is 28.4 Å². The molecule has 0 aromatic heterocycles. The van der Waals surface area contributed by atoms with E-state index >= 15 is 4.39 Å². The van der Waals surface area contributed by atoms with E-state index in [1.54, 1.807) is 68.4 Å². The highest BCUT2D eigenvalue weighted by molar-refractivity contribution is 5.93. The first-order chi connectivity index (χ1) is 39.9. The van der Waals surface area contributed by atoms with Gasteiger partial charge in [-0.05, 0) is 158 Å². The zero-order chi connectivity index (χ0) is 64.2. The molecule has 21 heteroatoms. The van der Waals surface area contributed by atoms with Gasteiger partial charge in [0.05, 0.1) is 42.0 Å². The minimum absolute atomic E-state index is 0.0177. The average Bonchev–Trinajstić information content (AvgIpc) is 1.34. The second-order valence-electron chi connectivity index (χ2n) is 28.9. The number of cyclic esters (lactones) is 1. The molecule has 0 spiro atoms. The number of carbonyl (C=O) groups excluding carboxylic acids is 3. The first-order valence-electron chi connectivity index (χ1n) is 32.2. The van der Waals surface area contributed by atoms with Crippen molar-refractivity contribution in [1.29, 1.82) is 0 Å². The van der Waals surface area contributed by atoms with E-state index in [-0.39, 0.29) is 69.0 Å². The van der Waals surface area contributed by atoms with Gasteiger partial charge in [-0.3, -0.25) is 14.4 Å². The van der Waals surface area contributed by atoms with E-state index < -0.39 is 147 Å². The van der Waals surface area contributed by atoms with Crippen LogP contribution in [0.15, 0.2) is 23.8 Å². The second-order valence-corrected chi connectivity index (χ2v) is 28.9. The van der Waals surface area contributed by atoms with Crippen LogP contribution in [0.1, 0.15) is 161 Å². The maximum absolute atomic E-state index is 17.7. The van der Waals surface area contributed by atoms with Crippen molar-refractivity contribution in [3.05, 3.63) is 23.8 Å². The maximum Gasteiger partial charge on any atom is 0.311 e. The first-order valence-corrected chi connectivity index (χ1v) is 32.2. The Morgan fingerprint density at radius 1 is 0.895 bits per heavy atom. The van der Waals surface area contributed by atoms with E-state index in [2.05, 4.69) is 10.6 Å². The van der Waals surface area contributed by atoms with Crippen molar-refractivity contribution in [2.45, 2.75) is 268 Å². The lowest BCUT2D eigenvalue weighted by atomic mass is 9.45. The van der Waals surface area contributed by atoms with Gasteiger partial charge in [0.1, 0.15) is 35.1 Å². The van der Waals surface area contributed by atoms with Crippen LogP contribution in [0.25, 0.3) is 0 Å². The van der Waals surface area contributed by atoms with Crippen LogP contribution in [0.2, 0.25) is 0 Å². The van der Waals surface area contributed by atoms with Gasteiger partial charge in [-0.2, -0.15) is 0 Å². The molecule has 9 N–H and O–H groups in total. The molecule has 2 unspecified atom stereocenters. The SMILES string of the molecule is CC[C@H]1OC(=O)[C@H](C)[C@@H](O[C@H]2C[C@@](C)(OC)[C@](O)(CNCCCCNC(=O)[C@@]3(O)[C@H](C)CC4C5CC=C6CC(=O)C=C[C@]6(C)[C@@]5(F)[C@@H](O)C[C@@]43C)[C@H](C)O2)[C@H](C)[C@@H](O[C@@H]2O[C@H](C)C[C@H](N(C)CC)[C@H]2O)[C@](C)(O)C[C@@H](C)CN(C)[C@H](C)[C@@H](O)[C@]1(C)O. The molecule has 0 bridgehead atoms. The number of hydrogen-bond donors (Lipinski definition) is 9. The Morgan fingerprint density at radius 3 is 2.20 bits per heavy atom. The highest BCUT2D eigenvalue weighted by Crippen LogP contribution is 2.70. The van der Waals surface area contributed by atoms with Gasteiger partial charge in [-0.25, -0.2) is 4.39 Å². The number of aliphatic hydroxyl groups is 7. The molecule has 3 heterocycles. The zero-order valence-corrected chi connectivity index (χ0v) is 54.8. The monoisotopic (exact) mass is 1220 g/mol. The van der Waals surface area contributed by atoms with Crippen molar-refractivity contribution in [3.63, 3.8) is 0 Å². The third kappa shape index (κ3) is 12.6. The Morgan fingerprint density at radius 2 is 1.56 bits per heavy atom. The molecule has 0 aromatic carbocycles. The fourth-order valence-electron chi connectivity index (χ4n) is 17.2. The maximum atomic E-state index is 17.7. The van der Waals surface area contributed by atoms with Gasteiger partial charge in [-0.1, -0.05) is 59.3 Å². The molecule has 494 valence electrons. The van der Waals surface area contributed by atoms with E-state index in [9.17, 15) is 50.1 Å². The number of aliphatic hydroxyl groups excluding tert-OH is 3. The fourth-order valence-corrected chi connectivity index (χ4v) is 17.2. The number of unbranched alkanes of at least 4 members (excludes halogenated alkanes) is 1. The Hall–Kier alpha value is -2.58. The van der Waals surface area contributed by atoms with E-state index in [0.717, 1.165) is 0 Å². The standard InChI is InChI=1S/C65H111FN4O16/c1-18-49-62(14,78)53(74)41(8)70(16)34-36(3)31-60(12,77)54(86-56-51(73)47(69(15)19-2)29-38(5)82-56)39(6)52(40(7)55(75)84-49)85-50-33-61(13,81-17)63(79,42(9)83-50)35-67-26-20-21-27-68-57(76)65(80)37(4)28-46-45-23-22-43-30-44(71)24-25-58(43,10)64(45,66)48(72)32-59(46,65)11/h22,24-25,36-42,45-54,56,67,72-74,77-80H,18-21,23,26-35H2,1-17H3,(H,68,76)/t36-,37-,38-,39+,40-,41-,42+,45?,46?,47+,48+,49-,50+,51-,52+,53-,54-,56+,58+,59+,60-,61-,62-,63+,64+,65+/m1/s1. The molecule has 26 atom stereocenters. The van der Waals surface area contributed by atoms with E-state index in [0.29, 0.717) is 57.3 Å². The lowest BCUT2D eigenvalue weighted by Gasteiger charge is -2.61. The summed E-state index contributed by atoms with van der Waals surface area (Å²) in [6, 6.07) is -0.922. The lowest BCUT2D eigenvalue weighted by molar-refractivity contribution is -0.336. The van der Waals surface area contributed by atoms with Crippen LogP contribution in [0.4, 0.5) is 4.39 Å². The first kappa shape index (κ1) is 70.9. The number of methoxy groups -OCH3 is 1. The van der Waals surface area contributed by atoms with Crippen molar-refractivity contribution in [1.82, 2.24) is 20.4 Å². The van der Waals surface area contributed by atoms with Crippen LogP contribution in [0, 0.1) is 46.3 Å². The number of nitrogens with one attached hydrogen (secondary N) is 2. The summed E-state index contributed by atoms with van der Waals surface area (Å²) >= 11 is 0. The number of ether oxygens (including phenoxy) is 6. The lowest BCUT2D eigenvalue weighted by Crippen LogP contribution is -2.70. The highest BCUT2D eigenvalue weighted by Gasteiger charge is 2.75. The quantitative estimate of drug-likeness (QED) is 0.0585. The number of alkyl halides is 1. The van der Waals surface area contributed by atoms with Gasteiger partial charge in [0, 0.05) is 74.3 Å². The molecular weight excluding hydrogens is 1110 g/mol. The molecule has 4 aliphatic carbocycles. The number of halogens is 1. The normalized spacial score (nSPS) is 49.0. The van der Waals surface area contributed by atoms with Gasteiger partial charge in [-0.15, -0.1) is 0 Å². The van der Waals surface area contributed by atoms with Crippen molar-refractivity contribution in [2.75, 3.05) is 53.9 Å². The van der Waals surface area contributed by atoms with Gasteiger partial charge in [0.2, 0.25) is 0 Å². The van der Waals surface area contributed by atoms with Crippen LogP contribution in [-0.4, -0.2) is 224 Å². The Kier molecular flexibility index (Phi) is 21.9. The molecule has 3 saturated heterocycles. The van der Waals surface area contributed by atoms with Crippen LogP contribution in [0.3, 0.4) is 0 Å². The topological polar surface area (TPSA) is 279 Å². The summed E-state index contributed by atoms with van der Waals surface area (Å²) < 4.78 is 56.9. The summed E-state index contributed by atoms with van der Waals surface area (Å²) in [7, 11) is 5.24. The van der Waals surface area contributed by atoms with E-state index in [1.165, 1.54) is 20.1 Å². The van der Waals surface area contributed by atoms with Crippen LogP contribution >= 0.6 is 0 Å². The molecule has 3 aliphatic heterocycles. The number of esters is 1. The zero-order valence-electron chi connectivity index (χ0n) is 54.8. The fraction of sp³-hybridized carbons (Fsp3) is 0.892. The summed E-state index contributed by atoms with van der Waals surface area (Å²) in [5.74, 6) is -5.22. The smallest absolute Gasteiger partial charge is 0.311 e. The molecule has 2 saturated carbocycles. The van der Waals surface area contributed by atoms with Crippen molar-refractivity contribution < 1.29 is 82.9 Å². The van der Waals surface area contributed by atoms with Gasteiger partial charge in [0.25, 0.3) is 5.91 Å². The Bertz CT molecular complexity index is 2440. The molecule has 1 amide bonds. The average molecular weight is 1220 g/mol. The number of rotatable bonds is 16. The molecule has 5 fully saturated rings. The molecule has 20 nitrogen and oxygen atoms in total. The molecular formula is C65H111FN4O16. The largest absolute Gasteiger partial charge is 0.459 e. The number of carbonyl (C=O) groups is 3. The molecule has 7 rings (SSSR count). The molecule has 0 radical (unpaired) electrons. The summed E-state index contributed by atoms with van der Waals surface area (Å²) in [5.41, 5.74) is -12.1. The molecule has 0 aromatic rings. The minimum atomic E-state index is -2.08. The number of fused-ring (bicyclic) bond motifs is 5. The van der Waals surface area contributed by atoms with E-state index in [1.807, 2.05) is 57.7 Å². The molecule has 7 aliphatic rings. The van der Waals surface area contributed by atoms with Crippen LogP contribution in [-0.2, 0) is 42.8 Å². The number of allylic oxidation sites excluding steroid dienone is 4. The number of nitrogens with zero attached hydrogens (tertiary/aromatic N) is 2. The van der Waals surface area contributed by atoms with Crippen molar-refractivity contribution in [2.24, 2.45) is 46.3 Å². The highest BCUT2D eigenvalue weighted by atomic mass is 19.1. The Balaban J connectivity index is 1.05. The van der Waals surface area contributed by atoms with Crippen molar-refractivity contribution in [3.8, 4) is 0 Å². The third-order valence-corrected chi connectivity index (χ3v) is 23.1. The molecule has 86 heavy (non-hydrogen) atoms. The predicted molar refractivity (Wildman–Crippen MR) is 321 cm³/mol. The number of ketones is 1.